The van der Waals surface area contributed by atoms with Gasteiger partial charge in [0.15, 0.2) is 11.5 Å². The first kappa shape index (κ1) is 17.7. The maximum absolute atomic E-state index is 13.6. The van der Waals surface area contributed by atoms with Gasteiger partial charge in [-0.2, -0.15) is 13.2 Å². The molecule has 0 aliphatic carbocycles. The van der Waals surface area contributed by atoms with E-state index in [1.807, 2.05) is 0 Å². The van der Waals surface area contributed by atoms with Crippen LogP contribution in [0.25, 0.3) is 0 Å². The molecule has 0 amide bonds. The fraction of sp³-hybridized carbons (Fsp3) is 0.538. The fourth-order valence-corrected chi connectivity index (χ4v) is 3.20. The van der Waals surface area contributed by atoms with Gasteiger partial charge >= 0.3 is 6.18 Å². The second-order valence-corrected chi connectivity index (χ2v) is 5.81. The number of nitrogens with one attached hydrogen (secondary N) is 1. The molecule has 2 heterocycles. The molecule has 1 saturated heterocycles. The SMILES string of the molecule is Cl.FC(F)(F)[C@@H](c1cc2c(cc1Br)OCO2)N1CCNCC1. The molecule has 0 radical (unpaired) electrons. The topological polar surface area (TPSA) is 33.7 Å². The second kappa shape index (κ2) is 6.82. The second-order valence-electron chi connectivity index (χ2n) is 4.96. The highest BCUT2D eigenvalue weighted by Crippen LogP contribution is 2.45. The van der Waals surface area contributed by atoms with Gasteiger partial charge in [-0.05, 0) is 17.7 Å². The van der Waals surface area contributed by atoms with Crippen LogP contribution in [0.15, 0.2) is 16.6 Å². The van der Waals surface area contributed by atoms with E-state index in [1.54, 1.807) is 6.07 Å². The molecule has 4 nitrogen and oxygen atoms in total. The van der Waals surface area contributed by atoms with Crippen LogP contribution < -0.4 is 14.8 Å². The first-order chi connectivity index (χ1) is 9.97. The van der Waals surface area contributed by atoms with Gasteiger partial charge in [-0.25, -0.2) is 0 Å². The van der Waals surface area contributed by atoms with Crippen molar-refractivity contribution in [3.63, 3.8) is 0 Å². The third-order valence-corrected chi connectivity index (χ3v) is 4.30. The van der Waals surface area contributed by atoms with Gasteiger partial charge in [-0.15, -0.1) is 12.4 Å². The molecule has 0 aromatic heterocycles. The van der Waals surface area contributed by atoms with Crippen molar-refractivity contribution in [1.82, 2.24) is 10.2 Å². The number of alkyl halides is 3. The van der Waals surface area contributed by atoms with Crippen molar-refractivity contribution in [3.05, 3.63) is 22.2 Å². The summed E-state index contributed by atoms with van der Waals surface area (Å²) in [5, 5.41) is 3.06. The van der Waals surface area contributed by atoms with E-state index >= 15 is 0 Å². The number of hydrogen-bond acceptors (Lipinski definition) is 4. The molecule has 2 aliphatic rings. The molecule has 1 N–H and O–H groups in total. The normalized spacial score (nSPS) is 19.6. The van der Waals surface area contributed by atoms with Gasteiger partial charge in [-0.1, -0.05) is 15.9 Å². The van der Waals surface area contributed by atoms with Crippen LogP contribution in [0, 0.1) is 0 Å². The Morgan fingerprint density at radius 1 is 1.14 bits per heavy atom. The van der Waals surface area contributed by atoms with Gasteiger partial charge in [0.1, 0.15) is 6.04 Å². The Morgan fingerprint density at radius 2 is 1.73 bits per heavy atom. The number of ether oxygens (including phenoxy) is 2. The van der Waals surface area contributed by atoms with Crippen molar-refractivity contribution in [1.29, 1.82) is 0 Å². The molecule has 22 heavy (non-hydrogen) atoms. The quantitative estimate of drug-likeness (QED) is 0.823. The largest absolute Gasteiger partial charge is 0.454 e. The Hall–Kier alpha value is -0.700. The molecule has 0 bridgehead atoms. The summed E-state index contributed by atoms with van der Waals surface area (Å²) in [6.45, 7) is 1.84. The number of fused-ring (bicyclic) bond motifs is 1. The Morgan fingerprint density at radius 3 is 2.32 bits per heavy atom. The molecule has 2 aliphatic heterocycles. The van der Waals surface area contributed by atoms with Gasteiger partial charge in [0.05, 0.1) is 0 Å². The van der Waals surface area contributed by atoms with Crippen LogP contribution in [0.4, 0.5) is 13.2 Å². The highest BCUT2D eigenvalue weighted by Gasteiger charge is 2.46. The van der Waals surface area contributed by atoms with Crippen LogP contribution in [0.2, 0.25) is 0 Å². The lowest BCUT2D eigenvalue weighted by molar-refractivity contribution is -0.188. The molecule has 1 aromatic carbocycles. The third-order valence-electron chi connectivity index (χ3n) is 3.61. The number of benzene rings is 1. The average Bonchev–Trinajstić information content (AvgIpc) is 2.86. The van der Waals surface area contributed by atoms with Crippen LogP contribution >= 0.6 is 28.3 Å². The van der Waals surface area contributed by atoms with E-state index in [1.165, 1.54) is 11.0 Å². The summed E-state index contributed by atoms with van der Waals surface area (Å²) in [5.74, 6) is 0.824. The minimum atomic E-state index is -4.35. The van der Waals surface area contributed by atoms with Gasteiger partial charge in [-0.3, -0.25) is 4.90 Å². The zero-order valence-electron chi connectivity index (χ0n) is 11.5. The molecule has 1 aromatic rings. The van der Waals surface area contributed by atoms with Crippen LogP contribution in [-0.2, 0) is 0 Å². The lowest BCUT2D eigenvalue weighted by Crippen LogP contribution is -2.49. The van der Waals surface area contributed by atoms with Crippen LogP contribution in [0.5, 0.6) is 11.5 Å². The Labute approximate surface area is 140 Å². The first-order valence-corrected chi connectivity index (χ1v) is 7.36. The van der Waals surface area contributed by atoms with Gasteiger partial charge < -0.3 is 14.8 Å². The molecule has 0 unspecified atom stereocenters. The highest BCUT2D eigenvalue weighted by molar-refractivity contribution is 9.10. The van der Waals surface area contributed by atoms with Crippen molar-refractivity contribution in [3.8, 4) is 11.5 Å². The highest BCUT2D eigenvalue weighted by atomic mass is 79.9. The summed E-state index contributed by atoms with van der Waals surface area (Å²) in [5.41, 5.74) is 0.161. The summed E-state index contributed by atoms with van der Waals surface area (Å²) >= 11 is 3.23. The number of hydrogen-bond donors (Lipinski definition) is 1. The Kier molecular flexibility index (Phi) is 5.47. The average molecular weight is 404 g/mol. The van der Waals surface area contributed by atoms with Crippen molar-refractivity contribution in [2.24, 2.45) is 0 Å². The van der Waals surface area contributed by atoms with Crippen LogP contribution in [-0.4, -0.2) is 44.0 Å². The van der Waals surface area contributed by atoms with Crippen molar-refractivity contribution >= 4 is 28.3 Å². The number of nitrogens with zero attached hydrogens (tertiary/aromatic N) is 1. The first-order valence-electron chi connectivity index (χ1n) is 6.57. The summed E-state index contributed by atoms with van der Waals surface area (Å²) in [6, 6.07) is 1.31. The summed E-state index contributed by atoms with van der Waals surface area (Å²) in [4.78, 5) is 1.44. The van der Waals surface area contributed by atoms with Crippen molar-refractivity contribution in [2.75, 3.05) is 33.0 Å². The van der Waals surface area contributed by atoms with Gasteiger partial charge in [0.2, 0.25) is 6.79 Å². The molecule has 124 valence electrons. The molecule has 1 fully saturated rings. The summed E-state index contributed by atoms with van der Waals surface area (Å²) in [7, 11) is 0. The van der Waals surface area contributed by atoms with Crippen molar-refractivity contribution < 1.29 is 22.6 Å². The minimum Gasteiger partial charge on any atom is -0.454 e. The van der Waals surface area contributed by atoms with E-state index < -0.39 is 12.2 Å². The van der Waals surface area contributed by atoms with E-state index in [2.05, 4.69) is 21.2 Å². The van der Waals surface area contributed by atoms with Gasteiger partial charge in [0.25, 0.3) is 0 Å². The maximum Gasteiger partial charge on any atom is 0.408 e. The predicted molar refractivity (Wildman–Crippen MR) is 80.8 cm³/mol. The molecule has 0 saturated carbocycles. The zero-order chi connectivity index (χ0) is 15.0. The van der Waals surface area contributed by atoms with E-state index in [-0.39, 0.29) is 24.8 Å². The Balaban J connectivity index is 0.00000176. The molecular formula is C13H15BrClF3N2O2. The molecule has 3 rings (SSSR count). The standard InChI is InChI=1S/C13H14BrF3N2O2.ClH/c14-9-6-11-10(20-7-21-11)5-8(9)12(13(15,16)17)19-3-1-18-2-4-19;/h5-6,12,18H,1-4,7H2;1H/t12-;/m1./s1. The van der Waals surface area contributed by atoms with Crippen LogP contribution in [0.3, 0.4) is 0 Å². The number of piperazine rings is 1. The smallest absolute Gasteiger partial charge is 0.408 e. The predicted octanol–water partition coefficient (Wildman–Crippen LogP) is 3.11. The zero-order valence-corrected chi connectivity index (χ0v) is 13.9. The summed E-state index contributed by atoms with van der Waals surface area (Å²) in [6.07, 6.45) is -4.35. The maximum atomic E-state index is 13.6. The minimum absolute atomic E-state index is 0. The monoisotopic (exact) mass is 402 g/mol. The van der Waals surface area contributed by atoms with E-state index in [4.69, 9.17) is 9.47 Å². The van der Waals surface area contributed by atoms with E-state index in [0.717, 1.165) is 0 Å². The molecule has 1 atom stereocenters. The van der Waals surface area contributed by atoms with Crippen LogP contribution in [0.1, 0.15) is 11.6 Å². The Bertz CT molecular complexity index is 539. The molecule has 0 spiro atoms. The van der Waals surface area contributed by atoms with E-state index in [9.17, 15) is 13.2 Å². The van der Waals surface area contributed by atoms with Crippen molar-refractivity contribution in [2.45, 2.75) is 12.2 Å². The van der Waals surface area contributed by atoms with E-state index in [0.29, 0.717) is 42.2 Å². The number of halogens is 5. The lowest BCUT2D eigenvalue weighted by Gasteiger charge is -2.36. The van der Waals surface area contributed by atoms with Gasteiger partial charge in [0, 0.05) is 30.7 Å². The molecular weight excluding hydrogens is 389 g/mol. The fourth-order valence-electron chi connectivity index (χ4n) is 2.66. The summed E-state index contributed by atoms with van der Waals surface area (Å²) < 4.78 is 51.5. The third kappa shape index (κ3) is 3.45. The lowest BCUT2D eigenvalue weighted by atomic mass is 10.0. The number of rotatable bonds is 2. The molecule has 9 heteroatoms.